The zero-order chi connectivity index (χ0) is 13.3. The van der Waals surface area contributed by atoms with E-state index in [0.29, 0.717) is 5.13 Å². The van der Waals surface area contributed by atoms with Crippen LogP contribution in [0.25, 0.3) is 0 Å². The van der Waals surface area contributed by atoms with E-state index in [1.54, 1.807) is 11.9 Å². The lowest BCUT2D eigenvalue weighted by Gasteiger charge is -2.25. The van der Waals surface area contributed by atoms with E-state index in [0.717, 1.165) is 11.3 Å². The third kappa shape index (κ3) is 2.27. The van der Waals surface area contributed by atoms with E-state index < -0.39 is 16.8 Å². The molecule has 1 aromatic heterocycles. The van der Waals surface area contributed by atoms with Crippen molar-refractivity contribution in [3.05, 3.63) is 16.3 Å². The van der Waals surface area contributed by atoms with E-state index >= 15 is 0 Å². The van der Waals surface area contributed by atoms with Gasteiger partial charge in [-0.05, 0) is 11.3 Å². The van der Waals surface area contributed by atoms with Crippen molar-refractivity contribution in [1.82, 2.24) is 4.98 Å². The molecule has 1 aromatic rings. The number of nitro groups is 1. The maximum absolute atomic E-state index is 11.0. The molecular weight excluding hydrogens is 262 g/mol. The van der Waals surface area contributed by atoms with E-state index in [4.69, 9.17) is 9.84 Å². The van der Waals surface area contributed by atoms with Crippen molar-refractivity contribution in [2.24, 2.45) is 5.92 Å². The summed E-state index contributed by atoms with van der Waals surface area (Å²) in [5.41, 5.74) is 0. The normalized spacial score (nSPS) is 22.9. The summed E-state index contributed by atoms with van der Waals surface area (Å²) in [6.07, 6.45) is 1.17. The number of hydrogen-bond acceptors (Lipinski definition) is 7. The number of anilines is 1. The summed E-state index contributed by atoms with van der Waals surface area (Å²) in [5, 5.41) is 20.0. The number of likely N-dealkylation sites (N-methyl/N-ethyl adjacent to an activating group) is 1. The Hall–Kier alpha value is -1.74. The average molecular weight is 273 g/mol. The minimum absolute atomic E-state index is 0.0670. The fraction of sp³-hybridized carbons (Fsp3) is 0.556. The minimum atomic E-state index is -0.935. The number of rotatable bonds is 4. The van der Waals surface area contributed by atoms with Gasteiger partial charge < -0.3 is 14.7 Å². The van der Waals surface area contributed by atoms with E-state index in [9.17, 15) is 14.9 Å². The molecule has 8 nitrogen and oxygen atoms in total. The summed E-state index contributed by atoms with van der Waals surface area (Å²) in [7, 11) is 1.66. The molecule has 1 N–H and O–H groups in total. The Morgan fingerprint density at radius 3 is 3.00 bits per heavy atom. The van der Waals surface area contributed by atoms with Gasteiger partial charge in [0.1, 0.15) is 12.1 Å². The van der Waals surface area contributed by atoms with Crippen molar-refractivity contribution in [3.63, 3.8) is 0 Å². The molecule has 0 spiro atoms. The number of thiazole rings is 1. The van der Waals surface area contributed by atoms with Crippen LogP contribution in [-0.4, -0.2) is 47.3 Å². The first kappa shape index (κ1) is 12.7. The molecule has 0 amide bonds. The van der Waals surface area contributed by atoms with Gasteiger partial charge in [-0.1, -0.05) is 0 Å². The second-order valence-electron chi connectivity index (χ2n) is 3.90. The number of carboxylic acids is 1. The highest BCUT2D eigenvalue weighted by Gasteiger charge is 2.38. The second-order valence-corrected chi connectivity index (χ2v) is 4.89. The van der Waals surface area contributed by atoms with Crippen LogP contribution in [0.5, 0.6) is 0 Å². The zero-order valence-corrected chi connectivity index (χ0v) is 10.3. The Bertz CT molecular complexity index is 477. The standard InChI is InChI=1S/C9H11N3O5S/c1-11(6-4-17-3-5(6)8(13)14)9-10-2-7(18-9)12(15)16/h2,5-6H,3-4H2,1H3,(H,13,14). The highest BCUT2D eigenvalue weighted by atomic mass is 32.1. The summed E-state index contributed by atoms with van der Waals surface area (Å²) in [4.78, 5) is 26.6. The maximum Gasteiger partial charge on any atom is 0.345 e. The van der Waals surface area contributed by atoms with Crippen molar-refractivity contribution in [1.29, 1.82) is 0 Å². The molecule has 2 heterocycles. The fourth-order valence-electron chi connectivity index (χ4n) is 1.81. The van der Waals surface area contributed by atoms with Gasteiger partial charge in [-0.3, -0.25) is 14.9 Å². The van der Waals surface area contributed by atoms with Gasteiger partial charge >= 0.3 is 11.0 Å². The number of carboxylic acid groups (broad SMARTS) is 1. The molecule has 2 atom stereocenters. The van der Waals surface area contributed by atoms with Crippen LogP contribution in [0.2, 0.25) is 0 Å². The summed E-state index contributed by atoms with van der Waals surface area (Å²) in [6, 6.07) is -0.353. The molecular formula is C9H11N3O5S. The van der Waals surface area contributed by atoms with E-state index in [-0.39, 0.29) is 24.3 Å². The van der Waals surface area contributed by atoms with Gasteiger partial charge in [0.15, 0.2) is 5.13 Å². The molecule has 18 heavy (non-hydrogen) atoms. The molecule has 1 fully saturated rings. The predicted molar refractivity (Wildman–Crippen MR) is 62.9 cm³/mol. The van der Waals surface area contributed by atoms with Crippen LogP contribution in [0.4, 0.5) is 10.1 Å². The summed E-state index contributed by atoms with van der Waals surface area (Å²) < 4.78 is 5.15. The molecule has 0 radical (unpaired) electrons. The lowest BCUT2D eigenvalue weighted by atomic mass is 10.0. The second kappa shape index (κ2) is 4.86. The first-order valence-corrected chi connectivity index (χ1v) is 5.96. The van der Waals surface area contributed by atoms with Crippen LogP contribution in [0, 0.1) is 16.0 Å². The Morgan fingerprint density at radius 1 is 1.72 bits per heavy atom. The van der Waals surface area contributed by atoms with Gasteiger partial charge in [0.2, 0.25) is 0 Å². The fourth-order valence-corrected chi connectivity index (χ4v) is 2.56. The van der Waals surface area contributed by atoms with Crippen LogP contribution in [0.1, 0.15) is 0 Å². The van der Waals surface area contributed by atoms with Crippen molar-refractivity contribution in [2.45, 2.75) is 6.04 Å². The predicted octanol–water partition coefficient (Wildman–Crippen LogP) is 0.587. The van der Waals surface area contributed by atoms with E-state index in [2.05, 4.69) is 4.98 Å². The van der Waals surface area contributed by atoms with Crippen LogP contribution < -0.4 is 4.90 Å². The zero-order valence-electron chi connectivity index (χ0n) is 9.48. The quantitative estimate of drug-likeness (QED) is 0.632. The van der Waals surface area contributed by atoms with Crippen LogP contribution in [0.3, 0.4) is 0 Å². The van der Waals surface area contributed by atoms with Crippen LogP contribution in [-0.2, 0) is 9.53 Å². The van der Waals surface area contributed by atoms with Gasteiger partial charge in [-0.25, -0.2) is 4.98 Å². The molecule has 9 heteroatoms. The molecule has 1 aliphatic rings. The largest absolute Gasteiger partial charge is 0.481 e. The third-order valence-electron chi connectivity index (χ3n) is 2.83. The van der Waals surface area contributed by atoms with Gasteiger partial charge in [-0.15, -0.1) is 0 Å². The van der Waals surface area contributed by atoms with Gasteiger partial charge in [0.25, 0.3) is 0 Å². The number of aliphatic carboxylic acids is 1. The Labute approximate surface area is 106 Å². The molecule has 98 valence electrons. The SMILES string of the molecule is CN(c1ncc([N+](=O)[O-])s1)C1COCC1C(=O)O. The third-order valence-corrected chi connectivity index (χ3v) is 3.87. The summed E-state index contributed by atoms with van der Waals surface area (Å²) in [6.45, 7) is 0.429. The van der Waals surface area contributed by atoms with Crippen molar-refractivity contribution in [2.75, 3.05) is 25.2 Å². The van der Waals surface area contributed by atoms with Gasteiger partial charge in [0, 0.05) is 7.05 Å². The van der Waals surface area contributed by atoms with Crippen LogP contribution >= 0.6 is 11.3 Å². The molecule has 0 aromatic carbocycles. The number of carbonyl (C=O) groups is 1. The molecule has 2 rings (SSSR count). The molecule has 0 saturated carbocycles. The monoisotopic (exact) mass is 273 g/mol. The molecule has 1 saturated heterocycles. The first-order valence-electron chi connectivity index (χ1n) is 5.14. The topological polar surface area (TPSA) is 106 Å². The van der Waals surface area contributed by atoms with Crippen LogP contribution in [0.15, 0.2) is 6.20 Å². The number of hydrogen-bond donors (Lipinski definition) is 1. The Balaban J connectivity index is 2.17. The summed E-state index contributed by atoms with van der Waals surface area (Å²) in [5.74, 6) is -1.58. The number of aromatic nitrogens is 1. The maximum atomic E-state index is 11.0. The molecule has 0 bridgehead atoms. The lowest BCUT2D eigenvalue weighted by Crippen LogP contribution is -2.40. The van der Waals surface area contributed by atoms with Crippen molar-refractivity contribution in [3.8, 4) is 0 Å². The molecule has 0 aliphatic carbocycles. The lowest BCUT2D eigenvalue weighted by molar-refractivity contribution is -0.380. The molecule has 2 unspecified atom stereocenters. The highest BCUT2D eigenvalue weighted by molar-refractivity contribution is 7.18. The number of ether oxygens (including phenoxy) is 1. The van der Waals surface area contributed by atoms with Crippen molar-refractivity contribution < 1.29 is 19.6 Å². The first-order chi connectivity index (χ1) is 8.50. The Kier molecular flexibility index (Phi) is 3.43. The smallest absolute Gasteiger partial charge is 0.345 e. The minimum Gasteiger partial charge on any atom is -0.481 e. The highest BCUT2D eigenvalue weighted by Crippen LogP contribution is 2.31. The van der Waals surface area contributed by atoms with E-state index in [1.165, 1.54) is 6.20 Å². The van der Waals surface area contributed by atoms with E-state index in [1.807, 2.05) is 0 Å². The number of nitrogens with zero attached hydrogens (tertiary/aromatic N) is 3. The van der Waals surface area contributed by atoms with Gasteiger partial charge in [0.05, 0.1) is 24.2 Å². The molecule has 1 aliphatic heterocycles. The van der Waals surface area contributed by atoms with Crippen molar-refractivity contribution >= 4 is 27.4 Å². The van der Waals surface area contributed by atoms with Gasteiger partial charge in [-0.2, -0.15) is 0 Å². The summed E-state index contributed by atoms with van der Waals surface area (Å²) >= 11 is 0.917. The average Bonchev–Trinajstić information content (AvgIpc) is 2.97. The Morgan fingerprint density at radius 2 is 2.44 bits per heavy atom.